The molecule has 2 amide bonds. The van der Waals surface area contributed by atoms with Crippen molar-refractivity contribution in [3.05, 3.63) is 0 Å². The fourth-order valence-corrected chi connectivity index (χ4v) is 2.94. The topological polar surface area (TPSA) is 146 Å². The second-order valence-electron chi connectivity index (χ2n) is 10.2. The largest absolute Gasteiger partial charge is 0.465 e. The lowest BCUT2D eigenvalue weighted by molar-refractivity contribution is -0.146. The average molecular weight is 502 g/mol. The van der Waals surface area contributed by atoms with Gasteiger partial charge in [0, 0.05) is 38.3 Å². The molecule has 10 nitrogen and oxygen atoms in total. The molecule has 2 atom stereocenters. The Bertz CT molecular complexity index is 647. The van der Waals surface area contributed by atoms with Gasteiger partial charge in [-0.1, -0.05) is 41.5 Å². The maximum absolute atomic E-state index is 12.8. The van der Waals surface area contributed by atoms with Crippen molar-refractivity contribution in [3.8, 4) is 0 Å². The van der Waals surface area contributed by atoms with Crippen molar-refractivity contribution in [2.75, 3.05) is 46.1 Å². The van der Waals surface area contributed by atoms with Crippen LogP contribution in [-0.2, 0) is 33.4 Å². The summed E-state index contributed by atoms with van der Waals surface area (Å²) in [6, 6.07) is -0.678. The summed E-state index contributed by atoms with van der Waals surface area (Å²) in [5.41, 5.74) is 5.23. The number of rotatable bonds is 19. The van der Waals surface area contributed by atoms with Crippen LogP contribution < -0.4 is 16.4 Å². The molecule has 4 N–H and O–H groups in total. The summed E-state index contributed by atoms with van der Waals surface area (Å²) in [6.45, 7) is 13.9. The number of esters is 1. The third-order valence-corrected chi connectivity index (χ3v) is 4.92. The molecule has 0 rings (SSSR count). The fraction of sp³-hybridized carbons (Fsp3) is 0.840. The van der Waals surface area contributed by atoms with Crippen LogP contribution in [0.3, 0.4) is 0 Å². The summed E-state index contributed by atoms with van der Waals surface area (Å²) in [6.07, 6.45) is 0.815. The fourth-order valence-electron chi connectivity index (χ4n) is 2.94. The van der Waals surface area contributed by atoms with Gasteiger partial charge in [0.1, 0.15) is 0 Å². The summed E-state index contributed by atoms with van der Waals surface area (Å²) in [5, 5.41) is 5.52. The lowest BCUT2D eigenvalue weighted by Crippen LogP contribution is -2.46. The number of ketones is 1. The van der Waals surface area contributed by atoms with Crippen LogP contribution in [0.2, 0.25) is 0 Å². The zero-order valence-electron chi connectivity index (χ0n) is 22.4. The third-order valence-electron chi connectivity index (χ3n) is 4.92. The Hall–Kier alpha value is -2.04. The van der Waals surface area contributed by atoms with E-state index in [1.54, 1.807) is 6.92 Å². The van der Waals surface area contributed by atoms with E-state index in [2.05, 4.69) is 10.6 Å². The predicted octanol–water partition coefficient (Wildman–Crippen LogP) is 1.59. The first-order chi connectivity index (χ1) is 16.4. The normalized spacial score (nSPS) is 13.3. The molecule has 0 aliphatic carbocycles. The Morgan fingerprint density at radius 2 is 1.54 bits per heavy atom. The molecule has 0 bridgehead atoms. The number of carbonyl (C=O) groups is 4. The molecule has 0 aromatic heterocycles. The van der Waals surface area contributed by atoms with Crippen molar-refractivity contribution in [2.45, 2.75) is 73.3 Å². The molecule has 0 fully saturated rings. The minimum Gasteiger partial charge on any atom is -0.465 e. The lowest BCUT2D eigenvalue weighted by Gasteiger charge is -2.22. The highest BCUT2D eigenvalue weighted by molar-refractivity contribution is 5.92. The Morgan fingerprint density at radius 1 is 0.914 bits per heavy atom. The van der Waals surface area contributed by atoms with Gasteiger partial charge in [-0.3, -0.25) is 19.2 Å². The SMILES string of the molecule is CC(C)[C@H](NC(=O)CCOCCOCCN)C(=O)C[C@@H](C)C(=O)NCCCC(=O)OCC(C)(C)C. The molecule has 204 valence electrons. The zero-order chi connectivity index (χ0) is 26.9. The van der Waals surface area contributed by atoms with E-state index in [0.29, 0.717) is 45.9 Å². The standard InChI is InChI=1S/C25H47N3O7/c1-18(2)23(28-21(30)9-12-33-14-15-34-13-10-26)20(29)16-19(3)24(32)27-11-7-8-22(31)35-17-25(4,5)6/h18-19,23H,7-17,26H2,1-6H3,(H,27,32)(H,28,30)/t19-,23+/m1/s1. The predicted molar refractivity (Wildman–Crippen MR) is 134 cm³/mol. The second kappa shape index (κ2) is 18.3. The van der Waals surface area contributed by atoms with Gasteiger partial charge in [-0.05, 0) is 17.8 Å². The summed E-state index contributed by atoms with van der Waals surface area (Å²) in [4.78, 5) is 49.1. The van der Waals surface area contributed by atoms with Gasteiger partial charge in [-0.25, -0.2) is 0 Å². The van der Waals surface area contributed by atoms with Crippen LogP contribution in [-0.4, -0.2) is 75.7 Å². The van der Waals surface area contributed by atoms with E-state index >= 15 is 0 Å². The van der Waals surface area contributed by atoms with E-state index in [0.717, 1.165) is 0 Å². The highest BCUT2D eigenvalue weighted by Gasteiger charge is 2.27. The van der Waals surface area contributed by atoms with E-state index in [1.165, 1.54) is 0 Å². The highest BCUT2D eigenvalue weighted by Crippen LogP contribution is 2.14. The summed E-state index contributed by atoms with van der Waals surface area (Å²) >= 11 is 0. The summed E-state index contributed by atoms with van der Waals surface area (Å²) in [7, 11) is 0. The molecular weight excluding hydrogens is 454 g/mol. The zero-order valence-corrected chi connectivity index (χ0v) is 22.4. The van der Waals surface area contributed by atoms with E-state index in [4.69, 9.17) is 19.9 Å². The Kier molecular flexibility index (Phi) is 17.2. The second-order valence-corrected chi connectivity index (χ2v) is 10.2. The minimum atomic E-state index is -0.678. The van der Waals surface area contributed by atoms with Gasteiger partial charge in [-0.2, -0.15) is 0 Å². The molecule has 0 aliphatic rings. The van der Waals surface area contributed by atoms with Gasteiger partial charge in [0.25, 0.3) is 0 Å². The number of hydrogen-bond donors (Lipinski definition) is 3. The number of carbonyl (C=O) groups excluding carboxylic acids is 4. The first-order valence-corrected chi connectivity index (χ1v) is 12.5. The Balaban J connectivity index is 4.30. The molecule has 35 heavy (non-hydrogen) atoms. The smallest absolute Gasteiger partial charge is 0.305 e. The van der Waals surface area contributed by atoms with Crippen molar-refractivity contribution in [1.29, 1.82) is 0 Å². The quantitative estimate of drug-likeness (QED) is 0.179. The number of ether oxygens (including phenoxy) is 3. The van der Waals surface area contributed by atoms with Crippen LogP contribution in [0.4, 0.5) is 0 Å². The number of nitrogens with one attached hydrogen (secondary N) is 2. The van der Waals surface area contributed by atoms with Crippen LogP contribution in [0.1, 0.15) is 67.2 Å². The molecular formula is C25H47N3O7. The monoisotopic (exact) mass is 501 g/mol. The van der Waals surface area contributed by atoms with Crippen molar-refractivity contribution in [2.24, 2.45) is 23.0 Å². The van der Waals surface area contributed by atoms with E-state index in [-0.39, 0.29) is 60.8 Å². The summed E-state index contributed by atoms with van der Waals surface area (Å²) < 4.78 is 15.7. The molecule has 10 heteroatoms. The molecule has 0 saturated heterocycles. The van der Waals surface area contributed by atoms with Gasteiger partial charge in [0.15, 0.2) is 5.78 Å². The van der Waals surface area contributed by atoms with Crippen molar-refractivity contribution in [1.82, 2.24) is 10.6 Å². The molecule has 0 aromatic carbocycles. The molecule has 0 heterocycles. The molecule has 0 aliphatic heterocycles. The molecule has 0 saturated carbocycles. The minimum absolute atomic E-state index is 0.0115. The number of nitrogens with two attached hydrogens (primary N) is 1. The van der Waals surface area contributed by atoms with E-state index < -0.39 is 12.0 Å². The first kappa shape index (κ1) is 33.0. The van der Waals surface area contributed by atoms with Crippen LogP contribution in [0.15, 0.2) is 0 Å². The molecule has 0 radical (unpaired) electrons. The maximum atomic E-state index is 12.8. The van der Waals surface area contributed by atoms with Gasteiger partial charge in [0.2, 0.25) is 11.8 Å². The van der Waals surface area contributed by atoms with Crippen molar-refractivity contribution >= 4 is 23.6 Å². The average Bonchev–Trinajstić information content (AvgIpc) is 2.77. The van der Waals surface area contributed by atoms with Crippen LogP contribution in [0, 0.1) is 17.3 Å². The number of Topliss-reactive ketones (excluding diaryl/α,β-unsaturated/α-hetero) is 1. The number of hydrogen-bond acceptors (Lipinski definition) is 8. The summed E-state index contributed by atoms with van der Waals surface area (Å²) in [5.74, 6) is -1.70. The highest BCUT2D eigenvalue weighted by atomic mass is 16.5. The Morgan fingerprint density at radius 3 is 2.11 bits per heavy atom. The van der Waals surface area contributed by atoms with Crippen molar-refractivity contribution in [3.63, 3.8) is 0 Å². The van der Waals surface area contributed by atoms with Crippen LogP contribution in [0.25, 0.3) is 0 Å². The maximum Gasteiger partial charge on any atom is 0.305 e. The lowest BCUT2D eigenvalue weighted by atomic mass is 9.92. The van der Waals surface area contributed by atoms with Gasteiger partial charge in [-0.15, -0.1) is 0 Å². The van der Waals surface area contributed by atoms with Crippen molar-refractivity contribution < 1.29 is 33.4 Å². The van der Waals surface area contributed by atoms with Crippen LogP contribution >= 0.6 is 0 Å². The third kappa shape index (κ3) is 18.0. The van der Waals surface area contributed by atoms with Gasteiger partial charge in [0.05, 0.1) is 39.1 Å². The first-order valence-electron chi connectivity index (χ1n) is 12.5. The van der Waals surface area contributed by atoms with E-state index in [1.807, 2.05) is 34.6 Å². The Labute approximate surface area is 210 Å². The molecule has 0 spiro atoms. The molecule has 0 aromatic rings. The number of amides is 2. The molecule has 0 unspecified atom stereocenters. The van der Waals surface area contributed by atoms with Gasteiger partial charge < -0.3 is 30.6 Å². The van der Waals surface area contributed by atoms with E-state index in [9.17, 15) is 19.2 Å². The van der Waals surface area contributed by atoms with Gasteiger partial charge >= 0.3 is 5.97 Å². The van der Waals surface area contributed by atoms with Crippen LogP contribution in [0.5, 0.6) is 0 Å².